The van der Waals surface area contributed by atoms with Gasteiger partial charge in [-0.05, 0) is 31.3 Å². The molecule has 3 rings (SSSR count). The summed E-state index contributed by atoms with van der Waals surface area (Å²) in [6, 6.07) is 0. The summed E-state index contributed by atoms with van der Waals surface area (Å²) in [5.41, 5.74) is -1.62. The smallest absolute Gasteiger partial charge is 0.159 e. The van der Waals surface area contributed by atoms with Gasteiger partial charge in [0.25, 0.3) is 0 Å². The van der Waals surface area contributed by atoms with Crippen molar-refractivity contribution in [2.45, 2.75) is 36.6 Å². The quantitative estimate of drug-likeness (QED) is 0.542. The SMILES string of the molecule is OC12C=COC1C1(O)CCC1C2. The fourth-order valence-electron chi connectivity index (χ4n) is 2.83. The molecule has 0 aromatic carbocycles. The highest BCUT2D eigenvalue weighted by atomic mass is 16.5. The molecular formula is C9H12O3. The zero-order valence-corrected chi connectivity index (χ0v) is 6.73. The molecule has 2 saturated carbocycles. The van der Waals surface area contributed by atoms with Crippen molar-refractivity contribution in [3.8, 4) is 0 Å². The first kappa shape index (κ1) is 6.92. The summed E-state index contributed by atoms with van der Waals surface area (Å²) in [7, 11) is 0. The highest BCUT2D eigenvalue weighted by Gasteiger charge is 2.67. The molecule has 2 fully saturated rings. The van der Waals surface area contributed by atoms with Gasteiger partial charge in [-0.25, -0.2) is 0 Å². The van der Waals surface area contributed by atoms with E-state index in [9.17, 15) is 10.2 Å². The van der Waals surface area contributed by atoms with Crippen molar-refractivity contribution >= 4 is 0 Å². The van der Waals surface area contributed by atoms with Crippen LogP contribution in [-0.2, 0) is 4.74 Å². The van der Waals surface area contributed by atoms with E-state index < -0.39 is 17.3 Å². The van der Waals surface area contributed by atoms with E-state index in [0.717, 1.165) is 12.8 Å². The van der Waals surface area contributed by atoms with Gasteiger partial charge in [-0.15, -0.1) is 0 Å². The van der Waals surface area contributed by atoms with E-state index in [1.54, 1.807) is 6.08 Å². The number of ether oxygens (including phenoxy) is 1. The highest BCUT2D eigenvalue weighted by molar-refractivity contribution is 5.25. The van der Waals surface area contributed by atoms with Crippen LogP contribution in [0.1, 0.15) is 19.3 Å². The van der Waals surface area contributed by atoms with Crippen molar-refractivity contribution < 1.29 is 14.9 Å². The molecule has 0 spiro atoms. The third kappa shape index (κ3) is 0.538. The highest BCUT2D eigenvalue weighted by Crippen LogP contribution is 2.57. The predicted molar refractivity (Wildman–Crippen MR) is 41.3 cm³/mol. The lowest BCUT2D eigenvalue weighted by Gasteiger charge is -2.42. The van der Waals surface area contributed by atoms with Crippen LogP contribution < -0.4 is 0 Å². The van der Waals surface area contributed by atoms with Crippen LogP contribution >= 0.6 is 0 Å². The minimum absolute atomic E-state index is 0.248. The van der Waals surface area contributed by atoms with Gasteiger partial charge in [0.2, 0.25) is 0 Å². The number of hydrogen-bond donors (Lipinski definition) is 2. The van der Waals surface area contributed by atoms with Crippen LogP contribution in [0.2, 0.25) is 0 Å². The van der Waals surface area contributed by atoms with Crippen LogP contribution in [-0.4, -0.2) is 27.5 Å². The van der Waals surface area contributed by atoms with E-state index in [1.165, 1.54) is 6.26 Å². The van der Waals surface area contributed by atoms with Crippen LogP contribution in [0.15, 0.2) is 12.3 Å². The molecule has 0 aromatic rings. The predicted octanol–water partition coefficient (Wildman–Crippen LogP) is 0.175. The average molecular weight is 168 g/mol. The van der Waals surface area contributed by atoms with E-state index in [2.05, 4.69) is 0 Å². The Balaban J connectivity index is 2.03. The van der Waals surface area contributed by atoms with E-state index in [1.807, 2.05) is 0 Å². The minimum Gasteiger partial charge on any atom is -0.492 e. The van der Waals surface area contributed by atoms with Crippen LogP contribution in [0.3, 0.4) is 0 Å². The second kappa shape index (κ2) is 1.70. The van der Waals surface area contributed by atoms with E-state index in [-0.39, 0.29) is 5.92 Å². The lowest BCUT2D eigenvalue weighted by molar-refractivity contribution is -0.152. The number of aliphatic hydroxyl groups is 2. The molecule has 3 nitrogen and oxygen atoms in total. The lowest BCUT2D eigenvalue weighted by Crippen LogP contribution is -2.53. The normalized spacial score (nSPS) is 60.5. The van der Waals surface area contributed by atoms with Crippen LogP contribution in [0.5, 0.6) is 0 Å². The van der Waals surface area contributed by atoms with Gasteiger partial charge in [-0.2, -0.15) is 0 Å². The molecule has 12 heavy (non-hydrogen) atoms. The molecule has 4 atom stereocenters. The van der Waals surface area contributed by atoms with Crippen LogP contribution in [0, 0.1) is 5.92 Å². The zero-order valence-electron chi connectivity index (χ0n) is 6.73. The van der Waals surface area contributed by atoms with Crippen molar-refractivity contribution in [2.75, 3.05) is 0 Å². The van der Waals surface area contributed by atoms with E-state index in [0.29, 0.717) is 6.42 Å². The molecule has 0 radical (unpaired) electrons. The van der Waals surface area contributed by atoms with Gasteiger partial charge in [0.05, 0.1) is 6.26 Å². The number of hydrogen-bond acceptors (Lipinski definition) is 3. The monoisotopic (exact) mass is 168 g/mol. The summed E-state index contributed by atoms with van der Waals surface area (Å²) in [5.74, 6) is 0.248. The first-order valence-electron chi connectivity index (χ1n) is 4.43. The molecule has 1 aliphatic heterocycles. The minimum atomic E-state index is -0.879. The Kier molecular flexibility index (Phi) is 0.981. The molecule has 3 heteroatoms. The van der Waals surface area contributed by atoms with Gasteiger partial charge < -0.3 is 14.9 Å². The number of fused-ring (bicyclic) bond motifs is 3. The standard InChI is InChI=1S/C9H12O3/c10-8-3-4-12-7(8)9(11)2-1-6(9)5-8/h3-4,6-7,10-11H,1-2,5H2. The molecule has 0 aromatic heterocycles. The van der Waals surface area contributed by atoms with E-state index in [4.69, 9.17) is 4.74 Å². The Morgan fingerprint density at radius 1 is 1.42 bits per heavy atom. The van der Waals surface area contributed by atoms with Gasteiger partial charge in [0.15, 0.2) is 6.10 Å². The molecule has 0 bridgehead atoms. The molecular weight excluding hydrogens is 156 g/mol. The van der Waals surface area contributed by atoms with Gasteiger partial charge in [0, 0.05) is 0 Å². The Morgan fingerprint density at radius 3 is 2.92 bits per heavy atom. The summed E-state index contributed by atoms with van der Waals surface area (Å²) in [5, 5.41) is 20.1. The first-order chi connectivity index (χ1) is 5.65. The van der Waals surface area contributed by atoms with E-state index >= 15 is 0 Å². The third-order valence-corrected chi connectivity index (χ3v) is 3.65. The fraction of sp³-hybridized carbons (Fsp3) is 0.778. The molecule has 2 aliphatic carbocycles. The van der Waals surface area contributed by atoms with Gasteiger partial charge in [-0.1, -0.05) is 0 Å². The third-order valence-electron chi connectivity index (χ3n) is 3.65. The summed E-state index contributed by atoms with van der Waals surface area (Å²) in [6.45, 7) is 0. The maximum absolute atomic E-state index is 10.1. The fourth-order valence-corrected chi connectivity index (χ4v) is 2.83. The second-order valence-electron chi connectivity index (χ2n) is 4.24. The Labute approximate surface area is 70.7 Å². The van der Waals surface area contributed by atoms with Crippen molar-refractivity contribution in [3.05, 3.63) is 12.3 Å². The van der Waals surface area contributed by atoms with Gasteiger partial charge in [-0.3, -0.25) is 0 Å². The molecule has 4 unspecified atom stereocenters. The summed E-state index contributed by atoms with van der Waals surface area (Å²) >= 11 is 0. The summed E-state index contributed by atoms with van der Waals surface area (Å²) in [6.07, 6.45) is 5.23. The lowest BCUT2D eigenvalue weighted by atomic mass is 9.71. The maximum atomic E-state index is 10.1. The largest absolute Gasteiger partial charge is 0.492 e. The van der Waals surface area contributed by atoms with Crippen molar-refractivity contribution in [1.29, 1.82) is 0 Å². The summed E-state index contributed by atoms with van der Waals surface area (Å²) in [4.78, 5) is 0. The summed E-state index contributed by atoms with van der Waals surface area (Å²) < 4.78 is 5.24. The molecule has 2 N–H and O–H groups in total. The second-order valence-corrected chi connectivity index (χ2v) is 4.24. The Hall–Kier alpha value is -0.540. The molecule has 0 saturated heterocycles. The van der Waals surface area contributed by atoms with Crippen LogP contribution in [0.25, 0.3) is 0 Å². The van der Waals surface area contributed by atoms with Crippen molar-refractivity contribution in [3.63, 3.8) is 0 Å². The van der Waals surface area contributed by atoms with Crippen molar-refractivity contribution in [1.82, 2.24) is 0 Å². The molecule has 1 heterocycles. The molecule has 0 amide bonds. The number of rotatable bonds is 0. The van der Waals surface area contributed by atoms with Crippen molar-refractivity contribution in [2.24, 2.45) is 5.92 Å². The maximum Gasteiger partial charge on any atom is 0.159 e. The molecule has 3 aliphatic rings. The molecule has 66 valence electrons. The van der Waals surface area contributed by atoms with Gasteiger partial charge in [0.1, 0.15) is 11.2 Å². The average Bonchev–Trinajstić information content (AvgIpc) is 2.45. The van der Waals surface area contributed by atoms with Crippen LogP contribution in [0.4, 0.5) is 0 Å². The topological polar surface area (TPSA) is 49.7 Å². The zero-order chi connectivity index (χ0) is 8.40. The Bertz CT molecular complexity index is 262. The first-order valence-corrected chi connectivity index (χ1v) is 4.43. The van der Waals surface area contributed by atoms with Gasteiger partial charge >= 0.3 is 0 Å². The Morgan fingerprint density at radius 2 is 2.25 bits per heavy atom.